The second kappa shape index (κ2) is 14.2. The van der Waals surface area contributed by atoms with E-state index in [9.17, 15) is 28.5 Å². The average Bonchev–Trinajstić information content (AvgIpc) is 3.12. The second-order valence-corrected chi connectivity index (χ2v) is 12.2. The number of nitrogens with zero attached hydrogens (tertiary/aromatic N) is 2. The summed E-state index contributed by atoms with van der Waals surface area (Å²) >= 11 is 0. The molecule has 0 bridgehead atoms. The molecule has 4 aromatic rings. The molecule has 5 rings (SSSR count). The van der Waals surface area contributed by atoms with E-state index in [0.29, 0.717) is 16.7 Å². The second-order valence-electron chi connectivity index (χ2n) is 10.4. The first-order chi connectivity index (χ1) is 21.7. The van der Waals surface area contributed by atoms with E-state index >= 15 is 0 Å². The fraction of sp³-hybridized carbons (Fsp3) is 0.242. The highest BCUT2D eigenvalue weighted by atomic mass is 32.2. The van der Waals surface area contributed by atoms with Gasteiger partial charge in [-0.3, -0.25) is 0 Å². The number of aliphatic hydroxyl groups excluding tert-OH is 3. The minimum Gasteiger partial charge on any atom is -0.471 e. The number of benzene rings is 4. The fourth-order valence-electron chi connectivity index (χ4n) is 4.93. The lowest BCUT2D eigenvalue weighted by Crippen LogP contribution is -2.52. The first-order valence-corrected chi connectivity index (χ1v) is 15.5. The predicted molar refractivity (Wildman–Crippen MR) is 164 cm³/mol. The molecule has 1 aliphatic rings. The first kappa shape index (κ1) is 32.1. The summed E-state index contributed by atoms with van der Waals surface area (Å²) in [5, 5.41) is 32.8. The number of methoxy groups -OCH3 is 1. The largest absolute Gasteiger partial charge is 0.471 e. The van der Waals surface area contributed by atoms with Crippen LogP contribution in [-0.2, 0) is 34.6 Å². The third kappa shape index (κ3) is 7.34. The molecule has 0 aliphatic carbocycles. The Balaban J connectivity index is 1.61. The quantitative estimate of drug-likeness (QED) is 0.224. The third-order valence-electron chi connectivity index (χ3n) is 7.35. The van der Waals surface area contributed by atoms with Crippen LogP contribution in [-0.4, -0.2) is 70.1 Å². The number of carbonyl (C=O) groups is 1. The molecule has 1 heterocycles. The van der Waals surface area contributed by atoms with Crippen LogP contribution >= 0.6 is 0 Å². The van der Waals surface area contributed by atoms with Crippen molar-refractivity contribution in [3.63, 3.8) is 0 Å². The Kier molecular flexibility index (Phi) is 10.1. The molecule has 1 aliphatic heterocycles. The van der Waals surface area contributed by atoms with E-state index in [1.807, 2.05) is 0 Å². The van der Waals surface area contributed by atoms with E-state index in [1.165, 1.54) is 19.2 Å². The lowest BCUT2D eigenvalue weighted by Gasteiger charge is -2.34. The van der Waals surface area contributed by atoms with E-state index in [1.54, 1.807) is 97.1 Å². The van der Waals surface area contributed by atoms with Crippen LogP contribution in [0.2, 0.25) is 0 Å². The zero-order valence-corrected chi connectivity index (χ0v) is 25.2. The number of hydrogen-bond donors (Lipinski definition) is 3. The van der Waals surface area contributed by atoms with Crippen LogP contribution in [0.4, 0.5) is 0 Å². The van der Waals surface area contributed by atoms with Gasteiger partial charge in [0, 0.05) is 13.1 Å². The Morgan fingerprint density at radius 3 is 1.47 bits per heavy atom. The number of carbonyl (C=O) groups excluding carboxylic acids is 1. The Morgan fingerprint density at radius 2 is 1.07 bits per heavy atom. The van der Waals surface area contributed by atoms with Gasteiger partial charge in [-0.2, -0.15) is 8.42 Å². The van der Waals surface area contributed by atoms with Crippen LogP contribution in [0.1, 0.15) is 27.0 Å². The molecule has 4 aromatic carbocycles. The van der Waals surface area contributed by atoms with E-state index in [-0.39, 0.29) is 36.8 Å². The predicted octanol–water partition coefficient (Wildman–Crippen LogP) is 3.06. The molecule has 1 saturated heterocycles. The van der Waals surface area contributed by atoms with Crippen molar-refractivity contribution in [2.45, 2.75) is 44.4 Å². The summed E-state index contributed by atoms with van der Waals surface area (Å²) < 4.78 is 48.4. The summed E-state index contributed by atoms with van der Waals surface area (Å²) in [4.78, 5) is 12.0. The van der Waals surface area contributed by atoms with Gasteiger partial charge in [-0.25, -0.2) is 4.79 Å². The summed E-state index contributed by atoms with van der Waals surface area (Å²) in [7, 11) is -3.33. The summed E-state index contributed by atoms with van der Waals surface area (Å²) in [5.74, 6) is -0.00687. The summed E-state index contributed by atoms with van der Waals surface area (Å²) in [6, 6.07) is 29.6. The van der Waals surface area contributed by atoms with Gasteiger partial charge in [0.25, 0.3) is 10.2 Å². The lowest BCUT2D eigenvalue weighted by atomic mass is 10.1. The Bertz CT molecular complexity index is 1650. The molecule has 236 valence electrons. The SMILES string of the molecule is COC(=O)c1ccc(CN2[C@H](Oc3ccccc3)[C@H](O)[C@@H](O)[C@@H](Oc3ccccc3)N(Cc3ccc(CO)cc3)S2(=O)=O)cc1. The lowest BCUT2D eigenvalue weighted by molar-refractivity contribution is -0.127. The molecule has 4 atom stereocenters. The van der Waals surface area contributed by atoms with Crippen LogP contribution < -0.4 is 9.47 Å². The molecule has 0 radical (unpaired) electrons. The van der Waals surface area contributed by atoms with Gasteiger partial charge in [0.05, 0.1) is 19.3 Å². The molecule has 0 unspecified atom stereocenters. The normalized spacial score (nSPS) is 21.9. The minimum atomic E-state index is -4.59. The van der Waals surface area contributed by atoms with Crippen molar-refractivity contribution in [2.24, 2.45) is 0 Å². The van der Waals surface area contributed by atoms with Gasteiger partial charge in [0.15, 0.2) is 12.5 Å². The van der Waals surface area contributed by atoms with Crippen molar-refractivity contribution in [1.29, 1.82) is 0 Å². The zero-order chi connectivity index (χ0) is 32.0. The highest BCUT2D eigenvalue weighted by molar-refractivity contribution is 7.86. The van der Waals surface area contributed by atoms with Crippen LogP contribution in [0.25, 0.3) is 0 Å². The summed E-state index contributed by atoms with van der Waals surface area (Å²) in [6.45, 7) is -0.720. The standard InChI is InChI=1S/C33H34N2O9S/c1-42-33(39)26-18-16-24(17-19-26)21-35-32(44-28-10-6-3-7-11-28)30(38)29(37)31(43-27-8-4-2-5-9-27)34(45(35,40)41)20-23-12-14-25(22-36)15-13-23/h2-19,29-32,36-38H,20-22H2,1H3/t29-,30-,31-,32-/m1/s1. The maximum absolute atomic E-state index is 14.7. The van der Waals surface area contributed by atoms with Gasteiger partial charge < -0.3 is 29.5 Å². The zero-order valence-electron chi connectivity index (χ0n) is 24.4. The Morgan fingerprint density at radius 1 is 0.667 bits per heavy atom. The summed E-state index contributed by atoms with van der Waals surface area (Å²) in [6.07, 6.45) is -6.70. The molecule has 1 fully saturated rings. The molecule has 45 heavy (non-hydrogen) atoms. The van der Waals surface area contributed by atoms with Gasteiger partial charge >= 0.3 is 5.97 Å². The van der Waals surface area contributed by atoms with E-state index in [2.05, 4.69) is 0 Å². The van der Waals surface area contributed by atoms with Gasteiger partial charge in [-0.05, 0) is 53.1 Å². The van der Waals surface area contributed by atoms with Crippen LogP contribution in [0.5, 0.6) is 11.5 Å². The molecule has 11 nitrogen and oxygen atoms in total. The molecule has 0 spiro atoms. The first-order valence-electron chi connectivity index (χ1n) is 14.2. The van der Waals surface area contributed by atoms with E-state index in [4.69, 9.17) is 14.2 Å². The van der Waals surface area contributed by atoms with E-state index < -0.39 is 40.8 Å². The number of esters is 1. The smallest absolute Gasteiger partial charge is 0.337 e. The Hall–Kier alpha value is -4.30. The van der Waals surface area contributed by atoms with E-state index in [0.717, 1.165) is 8.61 Å². The number of rotatable bonds is 10. The summed E-state index contributed by atoms with van der Waals surface area (Å²) in [5.41, 5.74) is 1.93. The monoisotopic (exact) mass is 634 g/mol. The van der Waals surface area contributed by atoms with Gasteiger partial charge in [0.1, 0.15) is 23.7 Å². The van der Waals surface area contributed by atoms with Crippen molar-refractivity contribution >= 4 is 16.2 Å². The topological polar surface area (TPSA) is 146 Å². The molecule has 0 saturated carbocycles. The molecular weight excluding hydrogens is 600 g/mol. The number of para-hydroxylation sites is 2. The highest BCUT2D eigenvalue weighted by Crippen LogP contribution is 2.33. The third-order valence-corrected chi connectivity index (χ3v) is 9.21. The average molecular weight is 635 g/mol. The van der Waals surface area contributed by atoms with Gasteiger partial charge in [-0.1, -0.05) is 72.8 Å². The van der Waals surface area contributed by atoms with Crippen LogP contribution in [0, 0.1) is 0 Å². The van der Waals surface area contributed by atoms with Crippen molar-refractivity contribution < 1.29 is 42.7 Å². The number of aliphatic hydroxyl groups is 3. The molecule has 3 N–H and O–H groups in total. The van der Waals surface area contributed by atoms with Crippen LogP contribution in [0.15, 0.2) is 109 Å². The molecule has 12 heteroatoms. The maximum Gasteiger partial charge on any atom is 0.337 e. The van der Waals surface area contributed by atoms with Crippen molar-refractivity contribution in [3.05, 3.63) is 131 Å². The minimum absolute atomic E-state index is 0.187. The Labute approximate surface area is 261 Å². The molecular formula is C33H34N2O9S. The molecule has 0 amide bonds. The van der Waals surface area contributed by atoms with Crippen molar-refractivity contribution in [2.75, 3.05) is 7.11 Å². The fourth-order valence-corrected chi connectivity index (χ4v) is 6.68. The maximum atomic E-state index is 14.7. The van der Waals surface area contributed by atoms with Gasteiger partial charge in [-0.15, -0.1) is 8.61 Å². The number of hydrogen-bond acceptors (Lipinski definition) is 9. The van der Waals surface area contributed by atoms with Crippen molar-refractivity contribution in [1.82, 2.24) is 8.61 Å². The molecule has 0 aromatic heterocycles. The highest BCUT2D eigenvalue weighted by Gasteiger charge is 2.53. The van der Waals surface area contributed by atoms with Gasteiger partial charge in [0.2, 0.25) is 0 Å². The number of ether oxygens (including phenoxy) is 3. The van der Waals surface area contributed by atoms with Crippen molar-refractivity contribution in [3.8, 4) is 11.5 Å². The van der Waals surface area contributed by atoms with Crippen LogP contribution in [0.3, 0.4) is 0 Å².